The van der Waals surface area contributed by atoms with Gasteiger partial charge in [-0.3, -0.25) is 4.79 Å². The van der Waals surface area contributed by atoms with Crippen molar-refractivity contribution in [1.29, 1.82) is 0 Å². The lowest BCUT2D eigenvalue weighted by Gasteiger charge is -2.30. The Kier molecular flexibility index (Phi) is 5.62. The van der Waals surface area contributed by atoms with E-state index in [9.17, 15) is 4.79 Å². The zero-order chi connectivity index (χ0) is 16.1. The standard InChI is InChI=1S/C18H25N3OS/c1-13-14(8-6-12-19-13)20-17(22)10-4-5-11-18-21-15-7-2-3-9-16(15)23-18/h2-3,7,9,13-14,19H,4-6,8,10-12H2,1H3,(H,20,22). The summed E-state index contributed by atoms with van der Waals surface area (Å²) in [5.41, 5.74) is 1.09. The molecule has 0 radical (unpaired) electrons. The van der Waals surface area contributed by atoms with Crippen molar-refractivity contribution in [3.63, 3.8) is 0 Å². The average Bonchev–Trinajstić information content (AvgIpc) is 2.96. The first kappa shape index (κ1) is 16.4. The number of thiazole rings is 1. The predicted molar refractivity (Wildman–Crippen MR) is 95.8 cm³/mol. The number of unbranched alkanes of at least 4 members (excludes halogenated alkanes) is 1. The largest absolute Gasteiger partial charge is 0.352 e. The lowest BCUT2D eigenvalue weighted by atomic mass is 9.99. The summed E-state index contributed by atoms with van der Waals surface area (Å²) in [6.07, 6.45) is 5.77. The van der Waals surface area contributed by atoms with E-state index in [1.54, 1.807) is 11.3 Å². The van der Waals surface area contributed by atoms with E-state index in [1.807, 2.05) is 6.07 Å². The van der Waals surface area contributed by atoms with Crippen LogP contribution in [0.2, 0.25) is 0 Å². The van der Waals surface area contributed by atoms with Crippen molar-refractivity contribution < 1.29 is 4.79 Å². The van der Waals surface area contributed by atoms with Gasteiger partial charge in [0.05, 0.1) is 15.2 Å². The normalized spacial score (nSPS) is 21.4. The maximum atomic E-state index is 12.1. The minimum absolute atomic E-state index is 0.190. The van der Waals surface area contributed by atoms with Crippen LogP contribution in [0.3, 0.4) is 0 Å². The Morgan fingerprint density at radius 1 is 1.39 bits per heavy atom. The molecule has 0 bridgehead atoms. The lowest BCUT2D eigenvalue weighted by molar-refractivity contribution is -0.122. The summed E-state index contributed by atoms with van der Waals surface area (Å²) in [6, 6.07) is 8.93. The number of fused-ring (bicyclic) bond motifs is 1. The second-order valence-corrected chi connectivity index (χ2v) is 7.46. The molecule has 1 aromatic heterocycles. The molecule has 124 valence electrons. The molecule has 1 aromatic carbocycles. The topological polar surface area (TPSA) is 54.0 Å². The Morgan fingerprint density at radius 2 is 2.26 bits per heavy atom. The van der Waals surface area contributed by atoms with Gasteiger partial charge in [0.1, 0.15) is 0 Å². The molecule has 2 unspecified atom stereocenters. The molecule has 2 atom stereocenters. The van der Waals surface area contributed by atoms with Crippen LogP contribution in [-0.2, 0) is 11.2 Å². The average molecular weight is 331 g/mol. The maximum Gasteiger partial charge on any atom is 0.220 e. The molecule has 4 nitrogen and oxygen atoms in total. The number of nitrogens with one attached hydrogen (secondary N) is 2. The summed E-state index contributed by atoms with van der Waals surface area (Å²) in [5.74, 6) is 0.190. The summed E-state index contributed by atoms with van der Waals surface area (Å²) in [5, 5.41) is 7.77. The van der Waals surface area contributed by atoms with Crippen LogP contribution < -0.4 is 10.6 Å². The fraction of sp³-hybridized carbons (Fsp3) is 0.556. The number of aryl methyl sites for hydroxylation is 1. The first-order valence-electron chi connectivity index (χ1n) is 8.59. The van der Waals surface area contributed by atoms with Gasteiger partial charge in [0.2, 0.25) is 5.91 Å². The van der Waals surface area contributed by atoms with Gasteiger partial charge in [0.25, 0.3) is 0 Å². The van der Waals surface area contributed by atoms with E-state index < -0.39 is 0 Å². The van der Waals surface area contributed by atoms with Gasteiger partial charge in [-0.25, -0.2) is 4.98 Å². The summed E-state index contributed by atoms with van der Waals surface area (Å²) in [7, 11) is 0. The van der Waals surface area contributed by atoms with E-state index in [0.29, 0.717) is 18.5 Å². The number of piperidine rings is 1. The third kappa shape index (κ3) is 4.52. The summed E-state index contributed by atoms with van der Waals surface area (Å²) in [4.78, 5) is 16.7. The molecule has 0 spiro atoms. The summed E-state index contributed by atoms with van der Waals surface area (Å²) in [6.45, 7) is 3.22. The van der Waals surface area contributed by atoms with E-state index in [0.717, 1.165) is 44.2 Å². The highest BCUT2D eigenvalue weighted by Crippen LogP contribution is 2.22. The van der Waals surface area contributed by atoms with Crippen LogP contribution in [0.1, 0.15) is 44.0 Å². The van der Waals surface area contributed by atoms with E-state index in [-0.39, 0.29) is 5.91 Å². The summed E-state index contributed by atoms with van der Waals surface area (Å²) < 4.78 is 1.25. The van der Waals surface area contributed by atoms with Gasteiger partial charge >= 0.3 is 0 Å². The minimum Gasteiger partial charge on any atom is -0.352 e. The second-order valence-electron chi connectivity index (χ2n) is 6.34. The molecule has 3 rings (SSSR count). The Balaban J connectivity index is 1.38. The van der Waals surface area contributed by atoms with E-state index >= 15 is 0 Å². The van der Waals surface area contributed by atoms with Crippen LogP contribution in [-0.4, -0.2) is 29.5 Å². The van der Waals surface area contributed by atoms with Crippen LogP contribution in [0.5, 0.6) is 0 Å². The third-order valence-electron chi connectivity index (χ3n) is 4.49. The van der Waals surface area contributed by atoms with Gasteiger partial charge in [-0.05, 0) is 57.7 Å². The van der Waals surface area contributed by atoms with Crippen LogP contribution in [0, 0.1) is 0 Å². The molecule has 1 saturated heterocycles. The smallest absolute Gasteiger partial charge is 0.220 e. The number of aromatic nitrogens is 1. The van der Waals surface area contributed by atoms with Crippen molar-refractivity contribution in [2.45, 2.75) is 57.5 Å². The predicted octanol–water partition coefficient (Wildman–Crippen LogP) is 3.27. The fourth-order valence-electron chi connectivity index (χ4n) is 3.11. The van der Waals surface area contributed by atoms with Gasteiger partial charge in [0, 0.05) is 18.5 Å². The highest BCUT2D eigenvalue weighted by atomic mass is 32.1. The van der Waals surface area contributed by atoms with Crippen molar-refractivity contribution in [1.82, 2.24) is 15.6 Å². The van der Waals surface area contributed by atoms with Crippen molar-refractivity contribution in [3.8, 4) is 0 Å². The maximum absolute atomic E-state index is 12.1. The number of para-hydroxylation sites is 1. The van der Waals surface area contributed by atoms with Crippen LogP contribution in [0.15, 0.2) is 24.3 Å². The van der Waals surface area contributed by atoms with E-state index in [4.69, 9.17) is 0 Å². The van der Waals surface area contributed by atoms with Crippen molar-refractivity contribution >= 4 is 27.5 Å². The van der Waals surface area contributed by atoms with E-state index in [1.165, 1.54) is 9.71 Å². The van der Waals surface area contributed by atoms with Crippen LogP contribution in [0.4, 0.5) is 0 Å². The van der Waals surface area contributed by atoms with Gasteiger partial charge in [0.15, 0.2) is 0 Å². The van der Waals surface area contributed by atoms with Crippen LogP contribution >= 0.6 is 11.3 Å². The Morgan fingerprint density at radius 3 is 3.09 bits per heavy atom. The second kappa shape index (κ2) is 7.88. The molecule has 1 aliphatic rings. The van der Waals surface area contributed by atoms with Gasteiger partial charge in [-0.2, -0.15) is 0 Å². The molecule has 0 saturated carbocycles. The molecule has 23 heavy (non-hydrogen) atoms. The highest BCUT2D eigenvalue weighted by Gasteiger charge is 2.21. The number of nitrogens with zero attached hydrogens (tertiary/aromatic N) is 1. The number of rotatable bonds is 6. The highest BCUT2D eigenvalue weighted by molar-refractivity contribution is 7.18. The molecule has 2 heterocycles. The third-order valence-corrected chi connectivity index (χ3v) is 5.59. The zero-order valence-electron chi connectivity index (χ0n) is 13.7. The van der Waals surface area contributed by atoms with Gasteiger partial charge in [-0.15, -0.1) is 11.3 Å². The molecule has 0 aliphatic carbocycles. The number of carbonyl (C=O) groups excluding carboxylic acids is 1. The van der Waals surface area contributed by atoms with Crippen LogP contribution in [0.25, 0.3) is 10.2 Å². The van der Waals surface area contributed by atoms with Gasteiger partial charge < -0.3 is 10.6 Å². The molecular formula is C18H25N3OS. The number of carbonyl (C=O) groups is 1. The minimum atomic E-state index is 0.190. The number of amides is 1. The zero-order valence-corrected chi connectivity index (χ0v) is 14.5. The first-order chi connectivity index (χ1) is 11.2. The lowest BCUT2D eigenvalue weighted by Crippen LogP contribution is -2.51. The monoisotopic (exact) mass is 331 g/mol. The number of hydrogen-bond acceptors (Lipinski definition) is 4. The first-order valence-corrected chi connectivity index (χ1v) is 9.41. The molecule has 5 heteroatoms. The Bertz CT molecular complexity index is 622. The van der Waals surface area contributed by atoms with Crippen molar-refractivity contribution in [3.05, 3.63) is 29.3 Å². The SMILES string of the molecule is CC1NCCCC1NC(=O)CCCCc1nc2ccccc2s1. The Labute approximate surface area is 141 Å². The molecule has 2 aromatic rings. The quantitative estimate of drug-likeness (QED) is 0.799. The molecule has 1 amide bonds. The molecular weight excluding hydrogens is 306 g/mol. The number of hydrogen-bond donors (Lipinski definition) is 2. The fourth-order valence-corrected chi connectivity index (χ4v) is 4.12. The Hall–Kier alpha value is -1.46. The number of benzene rings is 1. The van der Waals surface area contributed by atoms with Crippen molar-refractivity contribution in [2.75, 3.05) is 6.54 Å². The molecule has 1 aliphatic heterocycles. The molecule has 2 N–H and O–H groups in total. The molecule has 1 fully saturated rings. The van der Waals surface area contributed by atoms with Gasteiger partial charge in [-0.1, -0.05) is 12.1 Å². The summed E-state index contributed by atoms with van der Waals surface area (Å²) >= 11 is 1.76. The van der Waals surface area contributed by atoms with Crippen molar-refractivity contribution in [2.24, 2.45) is 0 Å². The van der Waals surface area contributed by atoms with E-state index in [2.05, 4.69) is 40.7 Å².